The zero-order valence-corrected chi connectivity index (χ0v) is 14.4. The van der Waals surface area contributed by atoms with Gasteiger partial charge in [0.2, 0.25) is 0 Å². The van der Waals surface area contributed by atoms with Gasteiger partial charge in [-0.2, -0.15) is 0 Å². The molecule has 0 bridgehead atoms. The van der Waals surface area contributed by atoms with Crippen molar-refractivity contribution in [1.82, 2.24) is 9.97 Å². The minimum atomic E-state index is -0.176. The fraction of sp³-hybridized carbons (Fsp3) is 0.375. The molecule has 1 heterocycles. The van der Waals surface area contributed by atoms with Gasteiger partial charge in [-0.15, -0.1) is 0 Å². The largest absolute Gasteiger partial charge is 0.339 e. The first-order valence-corrected chi connectivity index (χ1v) is 7.52. The molecule has 2 rings (SSSR count). The predicted molar refractivity (Wildman–Crippen MR) is 90.0 cm³/mol. The maximum atomic E-state index is 6.26. The summed E-state index contributed by atoms with van der Waals surface area (Å²) in [6.45, 7) is 10.0. The van der Waals surface area contributed by atoms with Crippen LogP contribution in [0.25, 0.3) is 0 Å². The maximum Gasteiger partial charge on any atom is 0.138 e. The quantitative estimate of drug-likeness (QED) is 0.747. The SMILES string of the molecule is Cc1ccc(Nc2nc(C(C)(C)C)nc(Cl)c2C)c(Cl)c1. The Morgan fingerprint density at radius 3 is 2.29 bits per heavy atom. The third-order valence-electron chi connectivity index (χ3n) is 3.13. The van der Waals surface area contributed by atoms with Crippen LogP contribution in [0.15, 0.2) is 18.2 Å². The number of halogens is 2. The topological polar surface area (TPSA) is 37.8 Å². The zero-order valence-electron chi connectivity index (χ0n) is 12.9. The Morgan fingerprint density at radius 2 is 1.71 bits per heavy atom. The van der Waals surface area contributed by atoms with Gasteiger partial charge in [0.15, 0.2) is 0 Å². The van der Waals surface area contributed by atoms with Crippen LogP contribution in [-0.2, 0) is 5.41 Å². The van der Waals surface area contributed by atoms with Crippen molar-refractivity contribution in [2.75, 3.05) is 5.32 Å². The Morgan fingerprint density at radius 1 is 1.05 bits per heavy atom. The first-order valence-electron chi connectivity index (χ1n) is 6.76. The summed E-state index contributed by atoms with van der Waals surface area (Å²) in [4.78, 5) is 8.96. The number of hydrogen-bond acceptors (Lipinski definition) is 3. The number of benzene rings is 1. The molecule has 0 aliphatic heterocycles. The molecule has 21 heavy (non-hydrogen) atoms. The predicted octanol–water partition coefficient (Wildman–Crippen LogP) is 5.44. The van der Waals surface area contributed by atoms with Gasteiger partial charge in [0, 0.05) is 11.0 Å². The van der Waals surface area contributed by atoms with Gasteiger partial charge in [-0.05, 0) is 31.5 Å². The molecule has 0 aliphatic rings. The first kappa shape index (κ1) is 16.1. The lowest BCUT2D eigenvalue weighted by Gasteiger charge is -2.19. The van der Waals surface area contributed by atoms with E-state index in [0.29, 0.717) is 21.8 Å². The summed E-state index contributed by atoms with van der Waals surface area (Å²) in [6, 6.07) is 5.84. The highest BCUT2D eigenvalue weighted by Crippen LogP contribution is 2.30. The van der Waals surface area contributed by atoms with Gasteiger partial charge >= 0.3 is 0 Å². The molecule has 0 amide bonds. The second-order valence-corrected chi connectivity index (χ2v) is 6.94. The van der Waals surface area contributed by atoms with Crippen LogP contribution in [0.4, 0.5) is 11.5 Å². The van der Waals surface area contributed by atoms with Crippen molar-refractivity contribution in [3.63, 3.8) is 0 Å². The Balaban J connectivity index is 2.46. The smallest absolute Gasteiger partial charge is 0.138 e. The summed E-state index contributed by atoms with van der Waals surface area (Å²) in [5.74, 6) is 1.38. The zero-order chi connectivity index (χ0) is 15.8. The Labute approximate surface area is 135 Å². The molecular formula is C16H19Cl2N3. The standard InChI is InChI=1S/C16H19Cl2N3/c1-9-6-7-12(11(17)8-9)19-14-10(2)13(18)20-15(21-14)16(3,4)5/h6-8H,1-5H3,(H,19,20,21). The number of rotatable bonds is 2. The minimum absolute atomic E-state index is 0.176. The molecule has 112 valence electrons. The van der Waals surface area contributed by atoms with Crippen molar-refractivity contribution in [2.45, 2.75) is 40.0 Å². The minimum Gasteiger partial charge on any atom is -0.339 e. The molecule has 5 heteroatoms. The van der Waals surface area contributed by atoms with Crippen molar-refractivity contribution in [1.29, 1.82) is 0 Å². The molecule has 0 saturated carbocycles. The molecule has 2 aromatic rings. The van der Waals surface area contributed by atoms with Gasteiger partial charge in [0.05, 0.1) is 10.7 Å². The molecule has 0 aliphatic carbocycles. The van der Waals surface area contributed by atoms with Crippen LogP contribution in [0, 0.1) is 13.8 Å². The lowest BCUT2D eigenvalue weighted by Crippen LogP contribution is -2.17. The highest BCUT2D eigenvalue weighted by molar-refractivity contribution is 6.33. The number of nitrogens with one attached hydrogen (secondary N) is 1. The van der Waals surface area contributed by atoms with E-state index in [0.717, 1.165) is 16.8 Å². The van der Waals surface area contributed by atoms with Crippen molar-refractivity contribution in [2.24, 2.45) is 0 Å². The molecule has 0 spiro atoms. The van der Waals surface area contributed by atoms with Gasteiger partial charge in [-0.3, -0.25) is 0 Å². The Bertz CT molecular complexity index is 676. The van der Waals surface area contributed by atoms with Crippen LogP contribution in [-0.4, -0.2) is 9.97 Å². The monoisotopic (exact) mass is 323 g/mol. The summed E-state index contributed by atoms with van der Waals surface area (Å²) in [5, 5.41) is 4.37. The fourth-order valence-corrected chi connectivity index (χ4v) is 2.25. The van der Waals surface area contributed by atoms with Gasteiger partial charge in [0.1, 0.15) is 16.8 Å². The molecule has 0 unspecified atom stereocenters. The third kappa shape index (κ3) is 3.66. The van der Waals surface area contributed by atoms with E-state index in [2.05, 4.69) is 36.1 Å². The van der Waals surface area contributed by atoms with Crippen molar-refractivity contribution < 1.29 is 0 Å². The van der Waals surface area contributed by atoms with Crippen LogP contribution in [0.5, 0.6) is 0 Å². The second-order valence-electron chi connectivity index (χ2n) is 6.17. The van der Waals surface area contributed by atoms with E-state index in [4.69, 9.17) is 23.2 Å². The lowest BCUT2D eigenvalue weighted by atomic mass is 9.95. The van der Waals surface area contributed by atoms with E-state index in [-0.39, 0.29) is 5.41 Å². The molecule has 0 fully saturated rings. The number of hydrogen-bond donors (Lipinski definition) is 1. The van der Waals surface area contributed by atoms with E-state index in [1.54, 1.807) is 0 Å². The van der Waals surface area contributed by atoms with Crippen molar-refractivity contribution in [3.05, 3.63) is 45.3 Å². The van der Waals surface area contributed by atoms with Gasteiger partial charge in [-0.1, -0.05) is 50.0 Å². The van der Waals surface area contributed by atoms with Crippen LogP contribution in [0.3, 0.4) is 0 Å². The summed E-state index contributed by atoms with van der Waals surface area (Å²) < 4.78 is 0. The summed E-state index contributed by atoms with van der Waals surface area (Å²) >= 11 is 12.5. The van der Waals surface area contributed by atoms with Crippen molar-refractivity contribution in [3.8, 4) is 0 Å². The second kappa shape index (κ2) is 5.82. The number of aromatic nitrogens is 2. The summed E-state index contributed by atoms with van der Waals surface area (Å²) in [6.07, 6.45) is 0. The van der Waals surface area contributed by atoms with E-state index in [1.807, 2.05) is 32.0 Å². The van der Waals surface area contributed by atoms with Crippen LogP contribution in [0.1, 0.15) is 37.7 Å². The molecular weight excluding hydrogens is 305 g/mol. The lowest BCUT2D eigenvalue weighted by molar-refractivity contribution is 0.545. The first-order chi connectivity index (χ1) is 9.68. The molecule has 1 aromatic heterocycles. The van der Waals surface area contributed by atoms with E-state index < -0.39 is 0 Å². The van der Waals surface area contributed by atoms with Gasteiger partial charge in [-0.25, -0.2) is 9.97 Å². The van der Waals surface area contributed by atoms with Gasteiger partial charge < -0.3 is 5.32 Å². The molecule has 1 N–H and O–H groups in total. The van der Waals surface area contributed by atoms with E-state index in [1.165, 1.54) is 0 Å². The van der Waals surface area contributed by atoms with E-state index in [9.17, 15) is 0 Å². The summed E-state index contributed by atoms with van der Waals surface area (Å²) in [5.41, 5.74) is 2.55. The third-order valence-corrected chi connectivity index (χ3v) is 3.82. The molecule has 0 atom stereocenters. The Hall–Kier alpha value is -1.32. The average Bonchev–Trinajstić information content (AvgIpc) is 2.36. The molecule has 1 aromatic carbocycles. The fourth-order valence-electron chi connectivity index (χ4n) is 1.80. The normalized spacial score (nSPS) is 11.6. The summed E-state index contributed by atoms with van der Waals surface area (Å²) in [7, 11) is 0. The highest BCUT2D eigenvalue weighted by atomic mass is 35.5. The van der Waals surface area contributed by atoms with Crippen molar-refractivity contribution >= 4 is 34.7 Å². The highest BCUT2D eigenvalue weighted by Gasteiger charge is 2.21. The number of nitrogens with zero attached hydrogens (tertiary/aromatic N) is 2. The number of anilines is 2. The van der Waals surface area contributed by atoms with Gasteiger partial charge in [0.25, 0.3) is 0 Å². The number of aryl methyl sites for hydroxylation is 1. The molecule has 0 saturated heterocycles. The van der Waals surface area contributed by atoms with Crippen LogP contribution in [0.2, 0.25) is 10.2 Å². The Kier molecular flexibility index (Phi) is 4.45. The maximum absolute atomic E-state index is 6.26. The average molecular weight is 324 g/mol. The molecule has 3 nitrogen and oxygen atoms in total. The van der Waals surface area contributed by atoms with E-state index >= 15 is 0 Å². The van der Waals surface area contributed by atoms with Crippen LogP contribution >= 0.6 is 23.2 Å². The molecule has 0 radical (unpaired) electrons. The van der Waals surface area contributed by atoms with Crippen LogP contribution < -0.4 is 5.32 Å².